The van der Waals surface area contributed by atoms with E-state index in [-0.39, 0.29) is 0 Å². The number of hydrogen-bond acceptors (Lipinski definition) is 1. The second-order valence-electron chi connectivity index (χ2n) is 16.2. The van der Waals surface area contributed by atoms with Crippen molar-refractivity contribution in [2.75, 3.05) is 4.90 Å². The third kappa shape index (κ3) is 6.12. The van der Waals surface area contributed by atoms with Gasteiger partial charge in [-0.05, 0) is 138 Å². The molecule has 0 bridgehead atoms. The Labute approximate surface area is 360 Å². The molecule has 0 radical (unpaired) electrons. The SMILES string of the molecule is c1ccc(-n2c3ccccc3c3c(-c4cccc(N(c5ccc(-c6ccc7c(ccc8ccccc87)c6)cc5)c5cccc(-c6ccc7ccccc7c6)c5)c4)cccc32)cc1. The fourth-order valence-electron chi connectivity index (χ4n) is 9.56. The number of hydrogen-bond donors (Lipinski definition) is 0. The predicted molar refractivity (Wildman–Crippen MR) is 264 cm³/mol. The lowest BCUT2D eigenvalue weighted by Gasteiger charge is -2.27. The molecule has 12 aromatic rings. The van der Waals surface area contributed by atoms with Crippen molar-refractivity contribution in [3.63, 3.8) is 0 Å². The van der Waals surface area contributed by atoms with Crippen LogP contribution in [0.15, 0.2) is 243 Å². The molecule has 0 amide bonds. The molecule has 0 aliphatic heterocycles. The van der Waals surface area contributed by atoms with Gasteiger partial charge in [0, 0.05) is 33.5 Å². The van der Waals surface area contributed by atoms with Gasteiger partial charge in [-0.2, -0.15) is 0 Å². The topological polar surface area (TPSA) is 8.17 Å². The van der Waals surface area contributed by atoms with Gasteiger partial charge in [0.15, 0.2) is 0 Å². The highest BCUT2D eigenvalue weighted by Gasteiger charge is 2.19. The molecule has 62 heavy (non-hydrogen) atoms. The Morgan fingerprint density at radius 2 is 0.823 bits per heavy atom. The predicted octanol–water partition coefficient (Wildman–Crippen LogP) is 16.7. The third-order valence-corrected chi connectivity index (χ3v) is 12.5. The Balaban J connectivity index is 0.997. The smallest absolute Gasteiger partial charge is 0.0547 e. The zero-order valence-electron chi connectivity index (χ0n) is 34.0. The van der Waals surface area contributed by atoms with Gasteiger partial charge in [-0.25, -0.2) is 0 Å². The summed E-state index contributed by atoms with van der Waals surface area (Å²) in [6.07, 6.45) is 0. The second kappa shape index (κ2) is 14.8. The van der Waals surface area contributed by atoms with E-state index >= 15 is 0 Å². The quantitative estimate of drug-likeness (QED) is 0.146. The molecule has 0 spiro atoms. The first-order valence-corrected chi connectivity index (χ1v) is 21.3. The zero-order valence-corrected chi connectivity index (χ0v) is 34.0. The van der Waals surface area contributed by atoms with Crippen molar-refractivity contribution in [2.45, 2.75) is 0 Å². The average molecular weight is 789 g/mol. The summed E-state index contributed by atoms with van der Waals surface area (Å²) < 4.78 is 2.39. The van der Waals surface area contributed by atoms with E-state index in [9.17, 15) is 0 Å². The summed E-state index contributed by atoms with van der Waals surface area (Å²) in [5, 5.41) is 10.0. The molecule has 290 valence electrons. The van der Waals surface area contributed by atoms with E-state index in [0.717, 1.165) is 22.7 Å². The van der Waals surface area contributed by atoms with E-state index in [1.807, 2.05) is 0 Å². The van der Waals surface area contributed by atoms with Crippen LogP contribution in [0.4, 0.5) is 17.1 Å². The number of aromatic nitrogens is 1. The van der Waals surface area contributed by atoms with E-state index in [2.05, 4.69) is 252 Å². The molecule has 0 saturated heterocycles. The number of para-hydroxylation sites is 2. The second-order valence-corrected chi connectivity index (χ2v) is 16.2. The Kier molecular flexibility index (Phi) is 8.53. The van der Waals surface area contributed by atoms with Gasteiger partial charge in [0.05, 0.1) is 11.0 Å². The molecule has 2 heteroatoms. The molecule has 0 fully saturated rings. The van der Waals surface area contributed by atoms with Crippen molar-refractivity contribution in [3.05, 3.63) is 243 Å². The van der Waals surface area contributed by atoms with Crippen LogP contribution < -0.4 is 4.90 Å². The maximum Gasteiger partial charge on any atom is 0.0547 e. The maximum absolute atomic E-state index is 2.40. The summed E-state index contributed by atoms with van der Waals surface area (Å²) in [4.78, 5) is 2.40. The monoisotopic (exact) mass is 788 g/mol. The molecular formula is C60H40N2. The van der Waals surface area contributed by atoms with Crippen molar-refractivity contribution in [3.8, 4) is 39.1 Å². The minimum absolute atomic E-state index is 1.09. The molecule has 0 aliphatic rings. The number of nitrogens with zero attached hydrogens (tertiary/aromatic N) is 2. The van der Waals surface area contributed by atoms with Crippen LogP contribution in [0.2, 0.25) is 0 Å². The van der Waals surface area contributed by atoms with Gasteiger partial charge in [-0.3, -0.25) is 0 Å². The standard InChI is InChI=1S/C60H40N2/c1-2-18-50(19-3-1)62-58-25-9-8-23-57(58)60-56(24-12-26-59(60)62)48-17-11-21-53(40-48)61(52-20-10-16-45(39-52)47-29-27-41-13-4-5-15-44(41)37-47)51-34-31-42(32-35-51)46-33-36-55-49(38-46)30-28-43-14-6-7-22-54(43)55/h1-40H. The number of benzene rings is 11. The van der Waals surface area contributed by atoms with Crippen LogP contribution in [0, 0.1) is 0 Å². The highest BCUT2D eigenvalue weighted by Crippen LogP contribution is 2.43. The van der Waals surface area contributed by atoms with Crippen molar-refractivity contribution in [2.24, 2.45) is 0 Å². The molecule has 0 unspecified atom stereocenters. The Hall–Kier alpha value is -8.20. The summed E-state index contributed by atoms with van der Waals surface area (Å²) in [5.41, 5.74) is 14.0. The summed E-state index contributed by atoms with van der Waals surface area (Å²) in [5.74, 6) is 0. The molecule has 0 aliphatic carbocycles. The van der Waals surface area contributed by atoms with E-state index in [1.54, 1.807) is 0 Å². The van der Waals surface area contributed by atoms with Crippen LogP contribution in [0.5, 0.6) is 0 Å². The van der Waals surface area contributed by atoms with Crippen LogP contribution in [0.3, 0.4) is 0 Å². The molecular weight excluding hydrogens is 749 g/mol. The lowest BCUT2D eigenvalue weighted by Crippen LogP contribution is -2.10. The van der Waals surface area contributed by atoms with Crippen LogP contribution >= 0.6 is 0 Å². The van der Waals surface area contributed by atoms with Gasteiger partial charge in [-0.1, -0.05) is 170 Å². The van der Waals surface area contributed by atoms with Crippen LogP contribution in [-0.2, 0) is 0 Å². The normalized spacial score (nSPS) is 11.5. The minimum Gasteiger partial charge on any atom is -0.310 e. The van der Waals surface area contributed by atoms with Crippen LogP contribution in [0.25, 0.3) is 93.2 Å². The van der Waals surface area contributed by atoms with Crippen LogP contribution in [-0.4, -0.2) is 4.57 Å². The van der Waals surface area contributed by atoms with E-state index < -0.39 is 0 Å². The number of fused-ring (bicyclic) bond motifs is 7. The fraction of sp³-hybridized carbons (Fsp3) is 0. The first-order valence-electron chi connectivity index (χ1n) is 21.3. The Morgan fingerprint density at radius 3 is 1.66 bits per heavy atom. The lowest BCUT2D eigenvalue weighted by molar-refractivity contribution is 1.18. The Bertz CT molecular complexity index is 3640. The highest BCUT2D eigenvalue weighted by molar-refractivity contribution is 6.16. The Morgan fingerprint density at radius 1 is 0.274 bits per heavy atom. The molecule has 0 N–H and O–H groups in total. The molecule has 1 heterocycles. The average Bonchev–Trinajstić information content (AvgIpc) is 3.69. The summed E-state index contributed by atoms with van der Waals surface area (Å²) in [7, 11) is 0. The molecule has 1 aromatic heterocycles. The molecule has 0 saturated carbocycles. The molecule has 11 aromatic carbocycles. The zero-order chi connectivity index (χ0) is 41.0. The first kappa shape index (κ1) is 35.7. The van der Waals surface area contributed by atoms with Gasteiger partial charge >= 0.3 is 0 Å². The lowest BCUT2D eigenvalue weighted by atomic mass is 9.97. The van der Waals surface area contributed by atoms with Gasteiger partial charge in [0.25, 0.3) is 0 Å². The van der Waals surface area contributed by atoms with Crippen molar-refractivity contribution < 1.29 is 0 Å². The summed E-state index contributed by atoms with van der Waals surface area (Å²) in [6, 6.07) is 88.5. The maximum atomic E-state index is 2.40. The van der Waals surface area contributed by atoms with Crippen molar-refractivity contribution >= 4 is 71.2 Å². The molecule has 12 rings (SSSR count). The fourth-order valence-corrected chi connectivity index (χ4v) is 9.56. The molecule has 0 atom stereocenters. The largest absolute Gasteiger partial charge is 0.310 e. The van der Waals surface area contributed by atoms with Crippen molar-refractivity contribution in [1.29, 1.82) is 0 Å². The summed E-state index contributed by atoms with van der Waals surface area (Å²) >= 11 is 0. The number of rotatable bonds is 7. The number of anilines is 3. The minimum atomic E-state index is 1.09. The summed E-state index contributed by atoms with van der Waals surface area (Å²) in [6.45, 7) is 0. The molecule has 2 nitrogen and oxygen atoms in total. The van der Waals surface area contributed by atoms with Gasteiger partial charge in [-0.15, -0.1) is 0 Å². The van der Waals surface area contributed by atoms with Gasteiger partial charge in [0.1, 0.15) is 0 Å². The van der Waals surface area contributed by atoms with Crippen LogP contribution in [0.1, 0.15) is 0 Å². The van der Waals surface area contributed by atoms with Gasteiger partial charge in [0.2, 0.25) is 0 Å². The van der Waals surface area contributed by atoms with Crippen molar-refractivity contribution in [1.82, 2.24) is 4.57 Å². The third-order valence-electron chi connectivity index (χ3n) is 12.5. The van der Waals surface area contributed by atoms with Gasteiger partial charge < -0.3 is 9.47 Å². The van der Waals surface area contributed by atoms with E-state index in [1.165, 1.54) is 87.5 Å². The first-order chi connectivity index (χ1) is 30.7. The van der Waals surface area contributed by atoms with E-state index in [0.29, 0.717) is 0 Å². The van der Waals surface area contributed by atoms with E-state index in [4.69, 9.17) is 0 Å². The highest BCUT2D eigenvalue weighted by atomic mass is 15.1.